The van der Waals surface area contributed by atoms with E-state index in [4.69, 9.17) is 9.47 Å². The number of nitro benzene ring substituents is 1. The fraction of sp³-hybridized carbons (Fsp3) is 0.300. The summed E-state index contributed by atoms with van der Waals surface area (Å²) < 4.78 is 11.6. The third-order valence-corrected chi connectivity index (χ3v) is 5.58. The fourth-order valence-corrected chi connectivity index (χ4v) is 4.09. The van der Waals surface area contributed by atoms with Crippen molar-refractivity contribution in [3.8, 4) is 11.5 Å². The first-order valence-corrected chi connectivity index (χ1v) is 8.40. The van der Waals surface area contributed by atoms with Gasteiger partial charge in [0.25, 0.3) is 0 Å². The third-order valence-electron chi connectivity index (χ3n) is 5.58. The predicted octanol–water partition coefficient (Wildman–Crippen LogP) is 4.13. The number of methoxy groups -OCH3 is 1. The molecule has 2 aromatic carbocycles. The summed E-state index contributed by atoms with van der Waals surface area (Å²) in [5, 5.41) is 11.6. The highest BCUT2D eigenvalue weighted by Gasteiger charge is 2.58. The lowest BCUT2D eigenvalue weighted by Crippen LogP contribution is -2.58. The monoisotopic (exact) mass is 352 g/mol. The lowest BCUT2D eigenvalue weighted by molar-refractivity contribution is -0.386. The Balaban J connectivity index is 1.92. The number of fused-ring (bicyclic) bond motifs is 2. The molecule has 0 fully saturated rings. The number of nitrogens with zero attached hydrogens (tertiary/aromatic N) is 2. The number of rotatable bonds is 2. The summed E-state index contributed by atoms with van der Waals surface area (Å²) in [4.78, 5) is 13.3. The molecule has 134 valence electrons. The molecule has 26 heavy (non-hydrogen) atoms. The van der Waals surface area contributed by atoms with Gasteiger partial charge in [0.15, 0.2) is 0 Å². The minimum atomic E-state index is -0.844. The Bertz CT molecular complexity index is 951. The Morgan fingerprint density at radius 1 is 1.23 bits per heavy atom. The van der Waals surface area contributed by atoms with Crippen LogP contribution in [0, 0.1) is 10.1 Å². The third kappa shape index (κ3) is 1.92. The van der Waals surface area contributed by atoms with Gasteiger partial charge >= 0.3 is 5.69 Å². The Hall–Kier alpha value is -3.02. The van der Waals surface area contributed by atoms with Crippen molar-refractivity contribution in [2.75, 3.05) is 19.1 Å². The van der Waals surface area contributed by atoms with Crippen molar-refractivity contribution in [1.82, 2.24) is 0 Å². The maximum absolute atomic E-state index is 11.6. The molecule has 0 bridgehead atoms. The number of para-hydroxylation sites is 1. The van der Waals surface area contributed by atoms with E-state index in [1.54, 1.807) is 6.07 Å². The summed E-state index contributed by atoms with van der Waals surface area (Å²) >= 11 is 0. The maximum Gasteiger partial charge on any atom is 0.315 e. The molecule has 0 unspecified atom stereocenters. The molecule has 1 atom stereocenters. The number of benzene rings is 2. The topological polar surface area (TPSA) is 64.8 Å². The molecule has 0 saturated heterocycles. The van der Waals surface area contributed by atoms with Gasteiger partial charge in [0, 0.05) is 18.3 Å². The van der Waals surface area contributed by atoms with Crippen molar-refractivity contribution < 1.29 is 14.4 Å². The molecule has 6 heteroatoms. The summed E-state index contributed by atoms with van der Waals surface area (Å²) in [6, 6.07) is 11.3. The molecule has 2 aliphatic heterocycles. The summed E-state index contributed by atoms with van der Waals surface area (Å²) in [5.74, 6) is 0.702. The van der Waals surface area contributed by atoms with Crippen LogP contribution in [0.2, 0.25) is 0 Å². The number of anilines is 1. The Kier molecular flexibility index (Phi) is 3.31. The van der Waals surface area contributed by atoms with Crippen molar-refractivity contribution in [2.45, 2.75) is 25.0 Å². The van der Waals surface area contributed by atoms with E-state index in [0.717, 1.165) is 11.3 Å². The zero-order chi connectivity index (χ0) is 18.7. The van der Waals surface area contributed by atoms with Crippen molar-refractivity contribution >= 4 is 17.5 Å². The highest BCUT2D eigenvalue weighted by atomic mass is 16.6. The zero-order valence-electron chi connectivity index (χ0n) is 15.1. The Labute approximate surface area is 151 Å². The first-order chi connectivity index (χ1) is 12.3. The molecule has 0 saturated carbocycles. The van der Waals surface area contributed by atoms with Crippen LogP contribution in [0.1, 0.15) is 25.0 Å². The van der Waals surface area contributed by atoms with E-state index in [-0.39, 0.29) is 11.4 Å². The van der Waals surface area contributed by atoms with Crippen LogP contribution >= 0.6 is 0 Å². The van der Waals surface area contributed by atoms with Crippen LogP contribution in [0.25, 0.3) is 6.08 Å². The van der Waals surface area contributed by atoms with Crippen LogP contribution in [0.15, 0.2) is 42.5 Å². The SMILES string of the molecule is COc1cc2c(c([N+](=O)[O-])c1)O[C@@]1(C=C2)N(C)c2ccccc2C1(C)C. The normalized spacial score (nSPS) is 21.9. The van der Waals surface area contributed by atoms with Gasteiger partial charge in [-0.15, -0.1) is 0 Å². The van der Waals surface area contributed by atoms with Gasteiger partial charge < -0.3 is 14.4 Å². The van der Waals surface area contributed by atoms with E-state index >= 15 is 0 Å². The Morgan fingerprint density at radius 3 is 2.62 bits per heavy atom. The Morgan fingerprint density at radius 2 is 1.96 bits per heavy atom. The quantitative estimate of drug-likeness (QED) is 0.600. The number of ether oxygens (including phenoxy) is 2. The number of nitro groups is 1. The van der Waals surface area contributed by atoms with Gasteiger partial charge in [-0.05, 0) is 43.7 Å². The smallest absolute Gasteiger partial charge is 0.315 e. The summed E-state index contributed by atoms with van der Waals surface area (Å²) in [7, 11) is 3.45. The summed E-state index contributed by atoms with van der Waals surface area (Å²) in [6.45, 7) is 4.19. The van der Waals surface area contributed by atoms with Crippen LogP contribution in [0.3, 0.4) is 0 Å². The molecule has 0 aromatic heterocycles. The van der Waals surface area contributed by atoms with Gasteiger partial charge in [-0.3, -0.25) is 10.1 Å². The van der Waals surface area contributed by atoms with Gasteiger partial charge in [-0.1, -0.05) is 18.2 Å². The average molecular weight is 352 g/mol. The molecule has 6 nitrogen and oxygen atoms in total. The van der Waals surface area contributed by atoms with E-state index in [1.165, 1.54) is 13.2 Å². The lowest BCUT2D eigenvalue weighted by Gasteiger charge is -2.45. The molecule has 1 spiro atoms. The first kappa shape index (κ1) is 16.4. The maximum atomic E-state index is 11.6. The summed E-state index contributed by atoms with van der Waals surface area (Å²) in [6.07, 6.45) is 3.87. The highest BCUT2D eigenvalue weighted by molar-refractivity contribution is 5.75. The molecule has 4 rings (SSSR count). The fourth-order valence-electron chi connectivity index (χ4n) is 4.09. The molecule has 0 radical (unpaired) electrons. The van der Waals surface area contributed by atoms with Crippen LogP contribution in [-0.4, -0.2) is 24.8 Å². The van der Waals surface area contributed by atoms with Gasteiger partial charge in [-0.2, -0.15) is 0 Å². The van der Waals surface area contributed by atoms with Gasteiger partial charge in [0.1, 0.15) is 5.75 Å². The molecule has 2 aliphatic rings. The van der Waals surface area contributed by atoms with Crippen molar-refractivity contribution in [3.63, 3.8) is 0 Å². The molecular formula is C20H20N2O4. The molecule has 0 N–H and O–H groups in total. The van der Waals surface area contributed by atoms with Gasteiger partial charge in [0.05, 0.1) is 23.5 Å². The van der Waals surface area contributed by atoms with Crippen LogP contribution < -0.4 is 14.4 Å². The number of hydrogen-bond donors (Lipinski definition) is 0. The largest absolute Gasteiger partial charge is 0.496 e. The minimum Gasteiger partial charge on any atom is -0.496 e. The van der Waals surface area contributed by atoms with Crippen molar-refractivity contribution in [3.05, 3.63) is 63.7 Å². The number of likely N-dealkylation sites (N-methyl/N-ethyl adjacent to an activating group) is 1. The molecular weight excluding hydrogens is 332 g/mol. The van der Waals surface area contributed by atoms with Gasteiger partial charge in [-0.25, -0.2) is 0 Å². The van der Waals surface area contributed by atoms with Crippen LogP contribution in [0.5, 0.6) is 11.5 Å². The molecule has 0 aliphatic carbocycles. The van der Waals surface area contributed by atoms with E-state index in [0.29, 0.717) is 11.3 Å². The van der Waals surface area contributed by atoms with E-state index in [1.807, 2.05) is 37.4 Å². The molecule has 2 heterocycles. The second kappa shape index (κ2) is 5.24. The van der Waals surface area contributed by atoms with E-state index in [2.05, 4.69) is 24.8 Å². The van der Waals surface area contributed by atoms with E-state index < -0.39 is 16.1 Å². The highest BCUT2D eigenvalue weighted by Crippen LogP contribution is 2.55. The van der Waals surface area contributed by atoms with Crippen LogP contribution in [0.4, 0.5) is 11.4 Å². The van der Waals surface area contributed by atoms with Crippen LogP contribution in [-0.2, 0) is 5.41 Å². The molecule has 0 amide bonds. The second-order valence-electron chi connectivity index (χ2n) is 7.15. The van der Waals surface area contributed by atoms with E-state index in [9.17, 15) is 10.1 Å². The average Bonchev–Trinajstić information content (AvgIpc) is 2.80. The second-order valence-corrected chi connectivity index (χ2v) is 7.15. The summed E-state index contributed by atoms with van der Waals surface area (Å²) in [5.41, 5.74) is 1.50. The van der Waals surface area contributed by atoms with Crippen molar-refractivity contribution in [2.24, 2.45) is 0 Å². The van der Waals surface area contributed by atoms with Gasteiger partial charge in [0.2, 0.25) is 11.5 Å². The standard InChI is InChI=1S/C20H20N2O4/c1-19(2)15-7-5-6-8-16(15)21(3)20(19)10-9-13-11-14(25-4)12-17(22(23)24)18(13)26-20/h5-12H,1-4H3/t20-/m1/s1. The number of hydrogen-bond acceptors (Lipinski definition) is 5. The first-order valence-electron chi connectivity index (χ1n) is 8.40. The zero-order valence-corrected chi connectivity index (χ0v) is 15.1. The van der Waals surface area contributed by atoms with Crippen molar-refractivity contribution in [1.29, 1.82) is 0 Å². The lowest BCUT2D eigenvalue weighted by atomic mass is 9.76. The molecule has 2 aromatic rings. The predicted molar refractivity (Wildman–Crippen MR) is 99.9 cm³/mol. The minimum absolute atomic E-state index is 0.0942.